The fraction of sp³-hybridized carbons (Fsp3) is 0.522. The Hall–Kier alpha value is -2.14. The first-order valence-corrected chi connectivity index (χ1v) is 11.3. The molecule has 2 heterocycles. The van der Waals surface area contributed by atoms with E-state index in [-0.39, 0.29) is 24.0 Å². The number of hydrogen-bond donors (Lipinski definition) is 2. The molecule has 9 heteroatoms. The number of anilines is 1. The summed E-state index contributed by atoms with van der Waals surface area (Å²) in [5.74, 6) is 2.59. The van der Waals surface area contributed by atoms with E-state index in [1.807, 2.05) is 31.2 Å². The fourth-order valence-corrected chi connectivity index (χ4v) is 3.57. The molecule has 2 N–H and O–H groups in total. The minimum Gasteiger partial charge on any atom is -0.494 e. The normalized spacial score (nSPS) is 14.6. The Balaban J connectivity index is 0.00000363. The topological polar surface area (TPSA) is 77.9 Å². The van der Waals surface area contributed by atoms with Gasteiger partial charge >= 0.3 is 0 Å². The Morgan fingerprint density at radius 2 is 1.78 bits per heavy atom. The van der Waals surface area contributed by atoms with Crippen LogP contribution < -0.4 is 20.3 Å². The van der Waals surface area contributed by atoms with Gasteiger partial charge in [0, 0.05) is 57.2 Å². The fourth-order valence-electron chi connectivity index (χ4n) is 3.57. The van der Waals surface area contributed by atoms with Crippen molar-refractivity contribution >= 4 is 35.9 Å². The number of nitrogens with zero attached hydrogens (tertiary/aromatic N) is 5. The number of nitrogens with one attached hydrogen (secondary N) is 2. The van der Waals surface area contributed by atoms with Crippen LogP contribution in [0.1, 0.15) is 25.8 Å². The predicted octanol–water partition coefficient (Wildman–Crippen LogP) is 2.76. The number of hydrogen-bond acceptors (Lipinski definition) is 6. The molecule has 1 aromatic heterocycles. The molecule has 0 bridgehead atoms. The largest absolute Gasteiger partial charge is 0.494 e. The van der Waals surface area contributed by atoms with E-state index < -0.39 is 0 Å². The predicted molar refractivity (Wildman–Crippen MR) is 141 cm³/mol. The van der Waals surface area contributed by atoms with Gasteiger partial charge in [0.2, 0.25) is 5.95 Å². The highest BCUT2D eigenvalue weighted by molar-refractivity contribution is 14.0. The van der Waals surface area contributed by atoms with Crippen molar-refractivity contribution in [2.24, 2.45) is 4.99 Å². The molecular formula is C23H36IN7O. The van der Waals surface area contributed by atoms with Crippen LogP contribution in [0.3, 0.4) is 0 Å². The second kappa shape index (κ2) is 14.8. The van der Waals surface area contributed by atoms with Crippen molar-refractivity contribution in [2.45, 2.75) is 26.8 Å². The third-order valence-electron chi connectivity index (χ3n) is 5.18. The van der Waals surface area contributed by atoms with E-state index in [9.17, 15) is 0 Å². The number of benzene rings is 1. The maximum Gasteiger partial charge on any atom is 0.225 e. The smallest absolute Gasteiger partial charge is 0.225 e. The quantitative estimate of drug-likeness (QED) is 0.203. The summed E-state index contributed by atoms with van der Waals surface area (Å²) in [6.45, 7) is 12.2. The SMILES string of the molecule is CCNC(=NCc1ccccc1OCC)NCCCN1CCN(c2ncccn2)CC1.I. The Kier molecular flexibility index (Phi) is 12.1. The van der Waals surface area contributed by atoms with Gasteiger partial charge in [-0.15, -0.1) is 24.0 Å². The maximum atomic E-state index is 5.70. The van der Waals surface area contributed by atoms with Crippen LogP contribution in [0.4, 0.5) is 5.95 Å². The van der Waals surface area contributed by atoms with E-state index in [0.29, 0.717) is 13.2 Å². The van der Waals surface area contributed by atoms with Gasteiger partial charge in [0.05, 0.1) is 13.2 Å². The number of rotatable bonds is 10. The molecule has 1 saturated heterocycles. The third-order valence-corrected chi connectivity index (χ3v) is 5.18. The Bertz CT molecular complexity index is 798. The van der Waals surface area contributed by atoms with Crippen molar-refractivity contribution in [1.82, 2.24) is 25.5 Å². The van der Waals surface area contributed by atoms with Gasteiger partial charge in [-0.2, -0.15) is 0 Å². The molecule has 0 spiro atoms. The van der Waals surface area contributed by atoms with Crippen molar-refractivity contribution in [3.63, 3.8) is 0 Å². The second-order valence-corrected chi connectivity index (χ2v) is 7.39. The number of piperazine rings is 1. The average molecular weight is 553 g/mol. The van der Waals surface area contributed by atoms with Gasteiger partial charge in [-0.25, -0.2) is 15.0 Å². The molecule has 1 aliphatic heterocycles. The molecule has 1 aliphatic rings. The first kappa shape index (κ1) is 26.1. The van der Waals surface area contributed by atoms with Crippen LogP contribution >= 0.6 is 24.0 Å². The molecule has 0 aliphatic carbocycles. The molecule has 1 aromatic carbocycles. The minimum atomic E-state index is 0. The first-order chi connectivity index (χ1) is 15.3. The van der Waals surface area contributed by atoms with E-state index in [0.717, 1.165) is 75.5 Å². The molecule has 0 unspecified atom stereocenters. The number of para-hydroxylation sites is 1. The zero-order chi connectivity index (χ0) is 21.7. The molecular weight excluding hydrogens is 517 g/mol. The highest BCUT2D eigenvalue weighted by Gasteiger charge is 2.18. The lowest BCUT2D eigenvalue weighted by Crippen LogP contribution is -2.47. The van der Waals surface area contributed by atoms with Crippen LogP contribution in [0, 0.1) is 0 Å². The van der Waals surface area contributed by atoms with Gasteiger partial charge in [0.1, 0.15) is 5.75 Å². The van der Waals surface area contributed by atoms with Crippen molar-refractivity contribution < 1.29 is 4.74 Å². The standard InChI is InChI=1S/C23H35N7O.HI/c1-3-24-22(28-19-20-9-5-6-10-21(20)31-4-2)25-13-8-14-29-15-17-30(18-16-29)23-26-11-7-12-27-23;/h5-7,9-12H,3-4,8,13-19H2,1-2H3,(H2,24,25,28);1H. The average Bonchev–Trinajstić information content (AvgIpc) is 2.82. The van der Waals surface area contributed by atoms with Crippen molar-refractivity contribution in [3.05, 3.63) is 48.3 Å². The summed E-state index contributed by atoms with van der Waals surface area (Å²) in [6, 6.07) is 9.94. The summed E-state index contributed by atoms with van der Waals surface area (Å²) in [6.07, 6.45) is 4.68. The Morgan fingerprint density at radius 3 is 2.50 bits per heavy atom. The summed E-state index contributed by atoms with van der Waals surface area (Å²) >= 11 is 0. The highest BCUT2D eigenvalue weighted by atomic mass is 127. The monoisotopic (exact) mass is 553 g/mol. The Labute approximate surface area is 208 Å². The number of aromatic nitrogens is 2. The summed E-state index contributed by atoms with van der Waals surface area (Å²) in [7, 11) is 0. The van der Waals surface area contributed by atoms with E-state index in [2.05, 4.69) is 43.4 Å². The second-order valence-electron chi connectivity index (χ2n) is 7.39. The van der Waals surface area contributed by atoms with Crippen molar-refractivity contribution in [3.8, 4) is 5.75 Å². The summed E-state index contributed by atoms with van der Waals surface area (Å²) < 4.78 is 5.70. The number of halogens is 1. The Morgan fingerprint density at radius 1 is 1.03 bits per heavy atom. The van der Waals surface area contributed by atoms with Crippen LogP contribution in [-0.2, 0) is 6.54 Å². The molecule has 0 radical (unpaired) electrons. The maximum absolute atomic E-state index is 5.70. The first-order valence-electron chi connectivity index (χ1n) is 11.3. The van der Waals surface area contributed by atoms with Crippen LogP contribution in [0.2, 0.25) is 0 Å². The zero-order valence-corrected chi connectivity index (χ0v) is 21.5. The molecule has 0 saturated carbocycles. The van der Waals surface area contributed by atoms with E-state index in [4.69, 9.17) is 9.73 Å². The molecule has 8 nitrogen and oxygen atoms in total. The van der Waals surface area contributed by atoms with Gasteiger partial charge in [-0.1, -0.05) is 18.2 Å². The van der Waals surface area contributed by atoms with Gasteiger partial charge in [0.15, 0.2) is 5.96 Å². The molecule has 32 heavy (non-hydrogen) atoms. The molecule has 3 rings (SSSR count). The minimum absolute atomic E-state index is 0. The lowest BCUT2D eigenvalue weighted by Gasteiger charge is -2.34. The van der Waals surface area contributed by atoms with Gasteiger partial charge in [-0.3, -0.25) is 4.90 Å². The number of ether oxygens (including phenoxy) is 1. The van der Waals surface area contributed by atoms with Crippen LogP contribution in [-0.4, -0.2) is 73.2 Å². The van der Waals surface area contributed by atoms with Crippen LogP contribution in [0.5, 0.6) is 5.75 Å². The summed E-state index contributed by atoms with van der Waals surface area (Å²) in [5, 5.41) is 6.79. The highest BCUT2D eigenvalue weighted by Crippen LogP contribution is 2.18. The molecule has 0 amide bonds. The van der Waals surface area contributed by atoms with Crippen molar-refractivity contribution in [2.75, 3.05) is 57.3 Å². The van der Waals surface area contributed by atoms with Crippen LogP contribution in [0.25, 0.3) is 0 Å². The molecule has 2 aromatic rings. The van der Waals surface area contributed by atoms with Gasteiger partial charge in [-0.05, 0) is 38.9 Å². The molecule has 1 fully saturated rings. The van der Waals surface area contributed by atoms with E-state index in [1.54, 1.807) is 12.4 Å². The number of guanidine groups is 1. The molecule has 176 valence electrons. The summed E-state index contributed by atoms with van der Waals surface area (Å²) in [4.78, 5) is 18.2. The lowest BCUT2D eigenvalue weighted by molar-refractivity contribution is 0.254. The number of aliphatic imine (C=N–C) groups is 1. The lowest BCUT2D eigenvalue weighted by atomic mass is 10.2. The summed E-state index contributed by atoms with van der Waals surface area (Å²) in [5.41, 5.74) is 1.10. The molecule has 0 atom stereocenters. The van der Waals surface area contributed by atoms with Crippen molar-refractivity contribution in [1.29, 1.82) is 0 Å². The van der Waals surface area contributed by atoms with Gasteiger partial charge < -0.3 is 20.3 Å². The van der Waals surface area contributed by atoms with E-state index >= 15 is 0 Å². The third kappa shape index (κ3) is 8.42. The van der Waals surface area contributed by atoms with Gasteiger partial charge in [0.25, 0.3) is 0 Å². The van der Waals surface area contributed by atoms with Crippen LogP contribution in [0.15, 0.2) is 47.7 Å². The zero-order valence-electron chi connectivity index (χ0n) is 19.2. The van der Waals surface area contributed by atoms with E-state index in [1.165, 1.54) is 0 Å².